The van der Waals surface area contributed by atoms with Gasteiger partial charge in [0.2, 0.25) is 10.4 Å². The first-order valence-corrected chi connectivity index (χ1v) is 9.31. The first kappa shape index (κ1) is 20.0. The number of aliphatic hydroxyl groups excluding tert-OH is 6. The van der Waals surface area contributed by atoms with E-state index in [9.17, 15) is 38.5 Å². The van der Waals surface area contributed by atoms with Crippen LogP contribution in [0.25, 0.3) is 0 Å². The Kier molecular flexibility index (Phi) is 7.45. The lowest BCUT2D eigenvalue weighted by Gasteiger charge is -2.35. The summed E-state index contributed by atoms with van der Waals surface area (Å²) in [6.45, 7) is -1.46. The molecule has 1 rings (SSSR count). The van der Waals surface area contributed by atoms with E-state index < -0.39 is 70.3 Å². The van der Waals surface area contributed by atoms with Gasteiger partial charge in [-0.05, 0) is 0 Å². The molecular weight excluding hydrogens is 344 g/mol. The van der Waals surface area contributed by atoms with Gasteiger partial charge >= 0.3 is 0 Å². The molecule has 0 spiro atoms. The van der Waals surface area contributed by atoms with Crippen molar-refractivity contribution in [1.82, 2.24) is 0 Å². The van der Waals surface area contributed by atoms with Crippen molar-refractivity contribution in [1.29, 1.82) is 0 Å². The van der Waals surface area contributed by atoms with E-state index >= 15 is 0 Å². The van der Waals surface area contributed by atoms with Gasteiger partial charge in [0.1, 0.15) is 42.0 Å². The minimum atomic E-state index is -5.13. The van der Waals surface area contributed by atoms with Gasteiger partial charge in [-0.25, -0.2) is 8.42 Å². The fourth-order valence-electron chi connectivity index (χ4n) is 2.19. The van der Waals surface area contributed by atoms with Crippen LogP contribution >= 0.6 is 0 Å². The van der Waals surface area contributed by atoms with Crippen molar-refractivity contribution >= 4 is 21.3 Å². The molecule has 1 unspecified atom stereocenters. The maximum atomic E-state index is 10.5. The van der Waals surface area contributed by atoms with Gasteiger partial charge in [-0.15, -0.1) is 0 Å². The van der Waals surface area contributed by atoms with Crippen molar-refractivity contribution in [2.75, 3.05) is 24.7 Å². The van der Waals surface area contributed by atoms with Crippen LogP contribution in [0.3, 0.4) is 0 Å². The van der Waals surface area contributed by atoms with E-state index in [0.29, 0.717) is 0 Å². The summed E-state index contributed by atoms with van der Waals surface area (Å²) in [6.07, 6.45) is -7.38. The van der Waals surface area contributed by atoms with Crippen LogP contribution in [0.2, 0.25) is 0 Å². The normalized spacial score (nSPS) is 36.0. The minimum absolute atomic E-state index is 0.0389. The Morgan fingerprint density at radius 3 is 2.27 bits per heavy atom. The van der Waals surface area contributed by atoms with Gasteiger partial charge in [0.05, 0.1) is 13.2 Å². The van der Waals surface area contributed by atoms with Gasteiger partial charge in [0.25, 0.3) is 0 Å². The second kappa shape index (κ2) is 8.19. The molecule has 0 aliphatic carbocycles. The number of hydrogen-bond acceptors (Lipinski definition) is 10. The maximum absolute atomic E-state index is 10.5. The highest BCUT2D eigenvalue weighted by molar-refractivity contribution is 7.97. The standard InChI is InChI=1S/C10H20O10S2/c11-1-7(20-22(17,18)19)5(13)3-21-4-6(14)9(15)10(16)8(21)2-12/h5-16H,1-4H2/t5-,6-,7-,8+,9+,10+,21?/m0/s1. The van der Waals surface area contributed by atoms with Gasteiger partial charge in [0, 0.05) is 10.9 Å². The molecule has 0 radical (unpaired) electrons. The Morgan fingerprint density at radius 1 is 1.23 bits per heavy atom. The maximum Gasteiger partial charge on any atom is 0.218 e. The molecule has 1 fully saturated rings. The monoisotopic (exact) mass is 364 g/mol. The molecule has 0 amide bonds. The molecule has 0 aromatic heterocycles. The summed E-state index contributed by atoms with van der Waals surface area (Å²) >= 11 is 0. The molecule has 7 atom stereocenters. The van der Waals surface area contributed by atoms with Crippen molar-refractivity contribution in [2.24, 2.45) is 0 Å². The molecular formula is C10H20O10S2. The summed E-state index contributed by atoms with van der Waals surface area (Å²) in [5.74, 6) is -0.268. The predicted molar refractivity (Wildman–Crippen MR) is 73.7 cm³/mol. The molecule has 0 bridgehead atoms. The summed E-state index contributed by atoms with van der Waals surface area (Å²) < 4.78 is 35.6. The predicted octanol–water partition coefficient (Wildman–Crippen LogP) is -4.74. The van der Waals surface area contributed by atoms with E-state index in [1.807, 2.05) is 0 Å². The topological polar surface area (TPSA) is 188 Å². The number of aliphatic hydroxyl groups is 6. The van der Waals surface area contributed by atoms with Crippen LogP contribution in [-0.4, -0.2) is 104 Å². The Balaban J connectivity index is 2.77. The lowest BCUT2D eigenvalue weighted by Crippen LogP contribution is -2.59. The Bertz CT molecular complexity index is 443. The smallest absolute Gasteiger partial charge is 0.218 e. The van der Waals surface area contributed by atoms with E-state index in [2.05, 4.69) is 4.18 Å². The zero-order chi connectivity index (χ0) is 17.1. The van der Waals surface area contributed by atoms with Crippen LogP contribution in [0, 0.1) is 0 Å². The van der Waals surface area contributed by atoms with Crippen LogP contribution in [0.15, 0.2) is 0 Å². The van der Waals surface area contributed by atoms with Crippen LogP contribution in [0.4, 0.5) is 0 Å². The van der Waals surface area contributed by atoms with E-state index in [4.69, 9.17) is 5.11 Å². The molecule has 0 saturated carbocycles. The van der Waals surface area contributed by atoms with Crippen molar-refractivity contribution in [3.63, 3.8) is 0 Å². The Morgan fingerprint density at radius 2 is 1.82 bits per heavy atom. The molecule has 0 aromatic carbocycles. The highest BCUT2D eigenvalue weighted by Crippen LogP contribution is 2.25. The third-order valence-electron chi connectivity index (χ3n) is 3.35. The molecule has 1 heterocycles. The van der Waals surface area contributed by atoms with Crippen molar-refractivity contribution in [2.45, 2.75) is 35.8 Å². The van der Waals surface area contributed by atoms with Gasteiger partial charge in [-0.2, -0.15) is 0 Å². The fraction of sp³-hybridized carbons (Fsp3) is 1.00. The number of rotatable bonds is 7. The third-order valence-corrected chi connectivity index (χ3v) is 6.66. The quantitative estimate of drug-likeness (QED) is 0.145. The van der Waals surface area contributed by atoms with Crippen molar-refractivity contribution < 1.29 is 47.8 Å². The zero-order valence-electron chi connectivity index (χ0n) is 11.4. The number of hydrogen-bond donors (Lipinski definition) is 6. The first-order valence-electron chi connectivity index (χ1n) is 6.35. The SMILES string of the molecule is O=S(=O)([O-])O[C@@H](CO)[C@@H](O)C[S+]1C[C@H](O)[C@@H](O)[C@H](O)[C@H]1CO. The molecule has 1 aliphatic heterocycles. The average Bonchev–Trinajstić information content (AvgIpc) is 2.41. The molecule has 1 saturated heterocycles. The highest BCUT2D eigenvalue weighted by Gasteiger charge is 2.50. The molecule has 12 heteroatoms. The van der Waals surface area contributed by atoms with Crippen LogP contribution in [0.1, 0.15) is 0 Å². The lowest BCUT2D eigenvalue weighted by molar-refractivity contribution is -0.0611. The lowest BCUT2D eigenvalue weighted by atomic mass is 10.1. The average molecular weight is 364 g/mol. The second-order valence-corrected chi connectivity index (χ2v) is 8.29. The molecule has 6 N–H and O–H groups in total. The van der Waals surface area contributed by atoms with Gasteiger partial charge < -0.3 is 35.2 Å². The van der Waals surface area contributed by atoms with Crippen molar-refractivity contribution in [3.05, 3.63) is 0 Å². The van der Waals surface area contributed by atoms with Crippen LogP contribution in [-0.2, 0) is 25.5 Å². The summed E-state index contributed by atoms with van der Waals surface area (Å²) in [7, 11) is -6.12. The van der Waals surface area contributed by atoms with E-state index in [1.54, 1.807) is 0 Å². The molecule has 0 aromatic rings. The highest BCUT2D eigenvalue weighted by atomic mass is 32.3. The van der Waals surface area contributed by atoms with E-state index in [-0.39, 0.29) is 11.5 Å². The Hall–Kier alpha value is -0.0200. The summed E-state index contributed by atoms with van der Waals surface area (Å²) in [5, 5.41) is 56.3. The van der Waals surface area contributed by atoms with Crippen molar-refractivity contribution in [3.8, 4) is 0 Å². The zero-order valence-corrected chi connectivity index (χ0v) is 13.1. The van der Waals surface area contributed by atoms with Crippen LogP contribution in [0.5, 0.6) is 0 Å². The van der Waals surface area contributed by atoms with E-state index in [0.717, 1.165) is 0 Å². The first-order chi connectivity index (χ1) is 10.1. The Labute approximate surface area is 130 Å². The molecule has 1 aliphatic rings. The second-order valence-electron chi connectivity index (χ2n) is 4.93. The molecule has 10 nitrogen and oxygen atoms in total. The molecule has 132 valence electrons. The van der Waals surface area contributed by atoms with Gasteiger partial charge in [-0.3, -0.25) is 4.18 Å². The minimum Gasteiger partial charge on any atom is -0.726 e. The van der Waals surface area contributed by atoms with Gasteiger partial charge in [-0.1, -0.05) is 0 Å². The van der Waals surface area contributed by atoms with Gasteiger partial charge in [0.15, 0.2) is 5.25 Å². The summed E-state index contributed by atoms with van der Waals surface area (Å²) in [5.41, 5.74) is 0. The van der Waals surface area contributed by atoms with E-state index in [1.165, 1.54) is 0 Å². The van der Waals surface area contributed by atoms with Crippen LogP contribution < -0.4 is 0 Å². The summed E-state index contributed by atoms with van der Waals surface area (Å²) in [4.78, 5) is 0. The largest absolute Gasteiger partial charge is 0.726 e. The molecule has 22 heavy (non-hydrogen) atoms. The fourth-order valence-corrected chi connectivity index (χ4v) is 5.36. The summed E-state index contributed by atoms with van der Waals surface area (Å²) in [6, 6.07) is 0. The third kappa shape index (κ3) is 5.26.